The fourth-order valence-corrected chi connectivity index (χ4v) is 0.920. The lowest BCUT2D eigenvalue weighted by Gasteiger charge is -2.07. The zero-order chi connectivity index (χ0) is 11.4. The van der Waals surface area contributed by atoms with Crippen molar-refractivity contribution >= 4 is 11.7 Å². The van der Waals surface area contributed by atoms with Crippen LogP contribution >= 0.6 is 0 Å². The second-order valence-electron chi connectivity index (χ2n) is 2.78. The van der Waals surface area contributed by atoms with Crippen molar-refractivity contribution in [1.82, 2.24) is 5.32 Å². The maximum absolute atomic E-state index is 11.4. The smallest absolute Gasteiger partial charge is 0.361 e. The summed E-state index contributed by atoms with van der Waals surface area (Å²) in [6, 6.07) is 0. The molecule has 0 fully saturated rings. The number of amidine groups is 1. The summed E-state index contributed by atoms with van der Waals surface area (Å²) in [6.45, 7) is 4.74. The lowest BCUT2D eigenvalue weighted by atomic mass is 10.1. The number of allylic oxidation sites excluding steroid dienone is 2. The van der Waals surface area contributed by atoms with Gasteiger partial charge in [-0.3, -0.25) is 0 Å². The molecule has 1 aliphatic rings. The summed E-state index contributed by atoms with van der Waals surface area (Å²) in [5.41, 5.74) is 0.598. The van der Waals surface area contributed by atoms with Crippen molar-refractivity contribution in [3.8, 4) is 0 Å². The predicted octanol–water partition coefficient (Wildman–Crippen LogP) is 0.765. The number of nitrogens with zero attached hydrogens (tertiary/aromatic N) is 2. The van der Waals surface area contributed by atoms with Crippen LogP contribution in [0.3, 0.4) is 0 Å². The molecule has 15 heavy (non-hydrogen) atoms. The van der Waals surface area contributed by atoms with Crippen LogP contribution in [0, 0.1) is 10.1 Å². The summed E-state index contributed by atoms with van der Waals surface area (Å²) < 4.78 is 0. The number of hydrogen-bond acceptors (Lipinski definition) is 4. The van der Waals surface area contributed by atoms with E-state index in [1.165, 1.54) is 6.08 Å². The highest BCUT2D eigenvalue weighted by molar-refractivity contribution is 6.03. The van der Waals surface area contributed by atoms with E-state index in [9.17, 15) is 14.9 Å². The van der Waals surface area contributed by atoms with Gasteiger partial charge in [0.25, 0.3) is 0 Å². The average molecular weight is 207 g/mol. The van der Waals surface area contributed by atoms with Crippen molar-refractivity contribution in [2.75, 3.05) is 0 Å². The molecule has 0 saturated carbocycles. The van der Waals surface area contributed by atoms with E-state index in [-0.39, 0.29) is 5.57 Å². The molecule has 6 nitrogen and oxygen atoms in total. The number of amides is 1. The van der Waals surface area contributed by atoms with Crippen LogP contribution in [0.15, 0.2) is 41.2 Å². The first-order valence-electron chi connectivity index (χ1n) is 4.09. The first-order chi connectivity index (χ1) is 7.02. The number of carbonyl (C=O) groups excluding carboxylic acids is 1. The first-order valence-corrected chi connectivity index (χ1v) is 4.09. The molecule has 0 saturated heterocycles. The molecular weight excluding hydrogens is 198 g/mol. The molecule has 0 spiro atoms. The van der Waals surface area contributed by atoms with Gasteiger partial charge in [-0.1, -0.05) is 6.58 Å². The van der Waals surface area contributed by atoms with Gasteiger partial charge in [0.1, 0.15) is 0 Å². The van der Waals surface area contributed by atoms with Gasteiger partial charge >= 0.3 is 11.7 Å². The van der Waals surface area contributed by atoms with E-state index in [2.05, 4.69) is 16.9 Å². The van der Waals surface area contributed by atoms with Gasteiger partial charge in [-0.2, -0.15) is 0 Å². The third-order valence-corrected chi connectivity index (χ3v) is 1.70. The van der Waals surface area contributed by atoms with Gasteiger partial charge in [-0.25, -0.2) is 4.79 Å². The van der Waals surface area contributed by atoms with Crippen LogP contribution in [0.1, 0.15) is 6.92 Å². The highest BCUT2D eigenvalue weighted by Crippen LogP contribution is 2.11. The highest BCUT2D eigenvalue weighted by atomic mass is 16.6. The zero-order valence-electron chi connectivity index (χ0n) is 8.06. The van der Waals surface area contributed by atoms with Crippen molar-refractivity contribution in [2.45, 2.75) is 6.92 Å². The van der Waals surface area contributed by atoms with Gasteiger partial charge in [-0.05, 0) is 17.1 Å². The molecule has 1 N–H and O–H groups in total. The first kappa shape index (κ1) is 10.8. The van der Waals surface area contributed by atoms with Crippen molar-refractivity contribution in [3.05, 3.63) is 46.3 Å². The normalized spacial score (nSPS) is 15.7. The third kappa shape index (κ3) is 2.60. The Morgan fingerprint density at radius 1 is 1.67 bits per heavy atom. The van der Waals surface area contributed by atoms with Crippen LogP contribution in [-0.2, 0) is 4.79 Å². The predicted molar refractivity (Wildman–Crippen MR) is 54.6 cm³/mol. The number of nitrogens with one attached hydrogen (secondary N) is 1. The minimum Gasteiger partial charge on any atom is -0.361 e. The third-order valence-electron chi connectivity index (χ3n) is 1.70. The molecule has 1 rings (SSSR count). The second-order valence-corrected chi connectivity index (χ2v) is 2.78. The van der Waals surface area contributed by atoms with E-state index in [1.807, 2.05) is 0 Å². The standard InChI is InChI=1S/C9H9N3O3/c1-6-8(4-3-5-10-6)9(13)11-7(2)12(14)15/h3-5,10H,1H2,2H3. The molecule has 0 bridgehead atoms. The van der Waals surface area contributed by atoms with E-state index in [0.29, 0.717) is 5.70 Å². The van der Waals surface area contributed by atoms with Crippen LogP contribution in [0.25, 0.3) is 0 Å². The molecule has 78 valence electrons. The molecule has 6 heteroatoms. The number of aliphatic imine (C=N–C) groups is 1. The van der Waals surface area contributed by atoms with Crippen molar-refractivity contribution in [1.29, 1.82) is 0 Å². The van der Waals surface area contributed by atoms with Crippen LogP contribution in [-0.4, -0.2) is 16.7 Å². The second kappa shape index (κ2) is 4.32. The summed E-state index contributed by atoms with van der Waals surface area (Å²) in [4.78, 5) is 24.3. The van der Waals surface area contributed by atoms with Crippen LogP contribution < -0.4 is 5.32 Å². The maximum Gasteiger partial charge on any atom is 0.384 e. The Hall–Kier alpha value is -2.24. The van der Waals surface area contributed by atoms with E-state index in [4.69, 9.17) is 0 Å². The molecule has 0 radical (unpaired) electrons. The molecule has 1 amide bonds. The molecule has 0 aliphatic carbocycles. The Morgan fingerprint density at radius 2 is 2.33 bits per heavy atom. The number of carbonyl (C=O) groups is 1. The van der Waals surface area contributed by atoms with Gasteiger partial charge in [0.05, 0.1) is 5.57 Å². The highest BCUT2D eigenvalue weighted by Gasteiger charge is 2.20. The monoisotopic (exact) mass is 207 g/mol. The minimum absolute atomic E-state index is 0.221. The van der Waals surface area contributed by atoms with Gasteiger partial charge in [-0.15, -0.1) is 0 Å². The summed E-state index contributed by atoms with van der Waals surface area (Å²) in [7, 11) is 0. The minimum atomic E-state index is -0.715. The summed E-state index contributed by atoms with van der Waals surface area (Å²) in [5.74, 6) is -1.12. The molecular formula is C9H9N3O3. The molecule has 0 aromatic heterocycles. The van der Waals surface area contributed by atoms with Crippen molar-refractivity contribution in [2.24, 2.45) is 4.99 Å². The molecule has 1 heterocycles. The fourth-order valence-electron chi connectivity index (χ4n) is 0.920. The molecule has 0 aromatic rings. The van der Waals surface area contributed by atoms with E-state index in [1.54, 1.807) is 12.3 Å². The molecule has 0 atom stereocenters. The molecule has 0 aromatic carbocycles. The number of dihydropyridines is 1. The number of rotatable bonds is 1. The van der Waals surface area contributed by atoms with E-state index in [0.717, 1.165) is 6.92 Å². The topological polar surface area (TPSA) is 84.6 Å². The number of nitro groups is 1. The maximum atomic E-state index is 11.4. The van der Waals surface area contributed by atoms with Gasteiger partial charge in [0, 0.05) is 23.8 Å². The van der Waals surface area contributed by atoms with Gasteiger partial charge < -0.3 is 15.4 Å². The van der Waals surface area contributed by atoms with Crippen molar-refractivity contribution < 1.29 is 9.72 Å². The van der Waals surface area contributed by atoms with Crippen LogP contribution in [0.4, 0.5) is 0 Å². The van der Waals surface area contributed by atoms with E-state index < -0.39 is 16.7 Å². The Morgan fingerprint density at radius 3 is 2.87 bits per heavy atom. The Labute approximate surface area is 85.8 Å². The SMILES string of the molecule is C=C1NC=CC=C1C(=O)N=C(C)[N+](=O)[O-]. The van der Waals surface area contributed by atoms with Crippen molar-refractivity contribution in [3.63, 3.8) is 0 Å². The average Bonchev–Trinajstić information content (AvgIpc) is 2.18. The number of hydrogen-bond donors (Lipinski definition) is 1. The zero-order valence-corrected chi connectivity index (χ0v) is 8.06. The van der Waals surface area contributed by atoms with Crippen LogP contribution in [0.5, 0.6) is 0 Å². The Kier molecular flexibility index (Phi) is 3.12. The molecule has 0 unspecified atom stereocenters. The Bertz CT molecular complexity index is 418. The fraction of sp³-hybridized carbons (Fsp3) is 0.111. The largest absolute Gasteiger partial charge is 0.384 e. The molecule has 1 aliphatic heterocycles. The lowest BCUT2D eigenvalue weighted by molar-refractivity contribution is -0.351. The Balaban J connectivity index is 2.91. The summed E-state index contributed by atoms with van der Waals surface area (Å²) in [5, 5.41) is 13.0. The summed E-state index contributed by atoms with van der Waals surface area (Å²) in [6.07, 6.45) is 4.69. The quantitative estimate of drug-likeness (QED) is 0.298. The van der Waals surface area contributed by atoms with Crippen LogP contribution in [0.2, 0.25) is 0 Å². The van der Waals surface area contributed by atoms with E-state index >= 15 is 0 Å². The van der Waals surface area contributed by atoms with Gasteiger partial charge in [0.15, 0.2) is 0 Å². The van der Waals surface area contributed by atoms with Gasteiger partial charge in [0.2, 0.25) is 0 Å². The summed E-state index contributed by atoms with van der Waals surface area (Å²) >= 11 is 0. The lowest BCUT2D eigenvalue weighted by Crippen LogP contribution is -2.17.